The summed E-state index contributed by atoms with van der Waals surface area (Å²) in [6, 6.07) is 11.8. The minimum Gasteiger partial charge on any atom is -0.295 e. The number of hydrogen-bond acceptors (Lipinski definition) is 3. The van der Waals surface area contributed by atoms with E-state index in [-0.39, 0.29) is 11.5 Å². The van der Waals surface area contributed by atoms with Crippen LogP contribution in [0.2, 0.25) is 0 Å². The Hall–Kier alpha value is -2.87. The second-order valence-corrected chi connectivity index (χ2v) is 6.13. The number of hydrogen-bond donors (Lipinski definition) is 1. The molecule has 0 spiro atoms. The van der Waals surface area contributed by atoms with E-state index in [1.165, 1.54) is 10.7 Å². The van der Waals surface area contributed by atoms with Crippen LogP contribution in [-0.4, -0.2) is 14.6 Å². The molecule has 0 radical (unpaired) electrons. The summed E-state index contributed by atoms with van der Waals surface area (Å²) < 4.78 is 1.39. The lowest BCUT2D eigenvalue weighted by Gasteiger charge is -2.15. The topological polar surface area (TPSA) is 73.9 Å². The van der Waals surface area contributed by atoms with Crippen molar-refractivity contribution in [3.8, 4) is 17.3 Å². The Morgan fingerprint density at radius 3 is 2.74 bits per heavy atom. The third-order valence-electron chi connectivity index (χ3n) is 4.65. The maximum Gasteiger partial charge on any atom is 0.276 e. The molecular weight excluding hydrogens is 288 g/mol. The summed E-state index contributed by atoms with van der Waals surface area (Å²) in [6.45, 7) is 2.10. The van der Waals surface area contributed by atoms with Crippen molar-refractivity contribution >= 4 is 5.65 Å². The number of benzene rings is 1. The summed E-state index contributed by atoms with van der Waals surface area (Å²) in [5.41, 5.74) is 3.02. The molecule has 1 unspecified atom stereocenters. The highest BCUT2D eigenvalue weighted by Gasteiger charge is 2.33. The van der Waals surface area contributed by atoms with Crippen molar-refractivity contribution < 1.29 is 0 Å². The summed E-state index contributed by atoms with van der Waals surface area (Å²) in [6.07, 6.45) is 3.85. The fraction of sp³-hybridized carbons (Fsp3) is 0.278. The van der Waals surface area contributed by atoms with Gasteiger partial charge in [-0.25, -0.2) is 9.50 Å². The molecule has 2 heterocycles. The molecule has 114 valence electrons. The van der Waals surface area contributed by atoms with Crippen molar-refractivity contribution in [1.82, 2.24) is 14.6 Å². The molecule has 1 fully saturated rings. The third-order valence-corrected chi connectivity index (χ3v) is 4.65. The van der Waals surface area contributed by atoms with Gasteiger partial charge in [-0.15, -0.1) is 0 Å². The van der Waals surface area contributed by atoms with Crippen molar-refractivity contribution in [3.05, 3.63) is 58.0 Å². The van der Waals surface area contributed by atoms with E-state index >= 15 is 0 Å². The van der Waals surface area contributed by atoms with Gasteiger partial charge in [-0.1, -0.05) is 37.3 Å². The van der Waals surface area contributed by atoms with Crippen LogP contribution in [0.3, 0.4) is 0 Å². The highest BCUT2D eigenvalue weighted by Crippen LogP contribution is 2.43. The van der Waals surface area contributed by atoms with Crippen molar-refractivity contribution in [2.24, 2.45) is 5.92 Å². The first kappa shape index (κ1) is 13.8. The monoisotopic (exact) mass is 304 g/mol. The van der Waals surface area contributed by atoms with E-state index in [0.29, 0.717) is 22.8 Å². The largest absolute Gasteiger partial charge is 0.295 e. The number of nitrogens with one attached hydrogen (secondary N) is 1. The Morgan fingerprint density at radius 1 is 1.35 bits per heavy atom. The van der Waals surface area contributed by atoms with E-state index in [4.69, 9.17) is 0 Å². The number of aromatic amines is 1. The summed E-state index contributed by atoms with van der Waals surface area (Å²) in [4.78, 5) is 17.7. The lowest BCUT2D eigenvalue weighted by Crippen LogP contribution is -2.24. The minimum atomic E-state index is -0.102. The fourth-order valence-corrected chi connectivity index (χ4v) is 3.17. The molecule has 5 nitrogen and oxygen atoms in total. The van der Waals surface area contributed by atoms with Gasteiger partial charge in [-0.3, -0.25) is 9.89 Å². The van der Waals surface area contributed by atoms with Crippen LogP contribution in [0.5, 0.6) is 0 Å². The number of rotatable bonds is 3. The molecule has 1 aromatic carbocycles. The zero-order chi connectivity index (χ0) is 16.0. The van der Waals surface area contributed by atoms with Gasteiger partial charge in [-0.05, 0) is 24.7 Å². The van der Waals surface area contributed by atoms with Crippen molar-refractivity contribution in [3.63, 3.8) is 0 Å². The van der Waals surface area contributed by atoms with Gasteiger partial charge in [0, 0.05) is 17.3 Å². The van der Waals surface area contributed by atoms with Gasteiger partial charge in [0.25, 0.3) is 5.56 Å². The van der Waals surface area contributed by atoms with E-state index in [1.54, 1.807) is 0 Å². The van der Waals surface area contributed by atoms with Crippen molar-refractivity contribution in [1.29, 1.82) is 5.26 Å². The normalized spacial score (nSPS) is 15.5. The SMILES string of the molecule is CC(c1c(-c2ccccc2)nc2c(C#N)c[nH]n2c1=O)C1CC1. The molecule has 2 aromatic heterocycles. The molecule has 0 bridgehead atoms. The molecule has 1 aliphatic carbocycles. The molecule has 23 heavy (non-hydrogen) atoms. The summed E-state index contributed by atoms with van der Waals surface area (Å²) in [5.74, 6) is 0.714. The van der Waals surface area contributed by atoms with Crippen LogP contribution in [0, 0.1) is 17.2 Å². The molecule has 1 N–H and O–H groups in total. The molecular formula is C18H16N4O. The van der Waals surface area contributed by atoms with Gasteiger partial charge in [0.15, 0.2) is 5.65 Å². The number of nitrogens with zero attached hydrogens (tertiary/aromatic N) is 3. The smallest absolute Gasteiger partial charge is 0.276 e. The second kappa shape index (κ2) is 5.10. The van der Waals surface area contributed by atoms with Crippen LogP contribution < -0.4 is 5.56 Å². The zero-order valence-corrected chi connectivity index (χ0v) is 12.8. The molecule has 0 aliphatic heterocycles. The number of nitriles is 1. The molecule has 1 saturated carbocycles. The Kier molecular flexibility index (Phi) is 3.05. The van der Waals surface area contributed by atoms with E-state index in [1.807, 2.05) is 30.3 Å². The molecule has 5 heteroatoms. The Balaban J connectivity index is 2.06. The summed E-state index contributed by atoms with van der Waals surface area (Å²) in [5, 5.41) is 12.1. The van der Waals surface area contributed by atoms with Crippen LogP contribution >= 0.6 is 0 Å². The average Bonchev–Trinajstić information content (AvgIpc) is 3.35. The Morgan fingerprint density at radius 2 is 2.09 bits per heavy atom. The first-order chi connectivity index (χ1) is 11.2. The van der Waals surface area contributed by atoms with Gasteiger partial charge in [0.05, 0.1) is 5.69 Å². The molecule has 0 amide bonds. The first-order valence-corrected chi connectivity index (χ1v) is 7.80. The number of aromatic nitrogens is 3. The number of H-pyrrole nitrogens is 1. The second-order valence-electron chi connectivity index (χ2n) is 6.13. The summed E-state index contributed by atoms with van der Waals surface area (Å²) >= 11 is 0. The van der Waals surface area contributed by atoms with Gasteiger partial charge >= 0.3 is 0 Å². The highest BCUT2D eigenvalue weighted by atomic mass is 16.1. The highest BCUT2D eigenvalue weighted by molar-refractivity contribution is 5.68. The van der Waals surface area contributed by atoms with Crippen LogP contribution in [0.4, 0.5) is 0 Å². The lowest BCUT2D eigenvalue weighted by atomic mass is 9.93. The van der Waals surface area contributed by atoms with E-state index in [0.717, 1.165) is 24.0 Å². The first-order valence-electron chi connectivity index (χ1n) is 7.80. The maximum absolute atomic E-state index is 13.0. The van der Waals surface area contributed by atoms with Crippen LogP contribution in [0.25, 0.3) is 16.9 Å². The van der Waals surface area contributed by atoms with Gasteiger partial charge < -0.3 is 0 Å². The maximum atomic E-state index is 13.0. The molecule has 0 saturated heterocycles. The van der Waals surface area contributed by atoms with Crippen LogP contribution in [0.1, 0.15) is 36.8 Å². The standard InChI is InChI=1S/C18H16N4O/c1-11(12-7-8-12)15-16(13-5-3-2-4-6-13)21-17-14(9-19)10-20-22(17)18(15)23/h2-6,10-12,20H,7-8H2,1H3. The predicted octanol–water partition coefficient (Wildman–Crippen LogP) is 3.07. The predicted molar refractivity (Wildman–Crippen MR) is 87.1 cm³/mol. The van der Waals surface area contributed by atoms with E-state index in [9.17, 15) is 10.1 Å². The van der Waals surface area contributed by atoms with Crippen molar-refractivity contribution in [2.45, 2.75) is 25.7 Å². The van der Waals surface area contributed by atoms with Gasteiger partial charge in [-0.2, -0.15) is 5.26 Å². The van der Waals surface area contributed by atoms with Crippen LogP contribution in [0.15, 0.2) is 41.3 Å². The molecule has 4 rings (SSSR count). The average molecular weight is 304 g/mol. The third kappa shape index (κ3) is 2.15. The van der Waals surface area contributed by atoms with E-state index < -0.39 is 0 Å². The molecule has 1 aliphatic rings. The summed E-state index contributed by atoms with van der Waals surface area (Å²) in [7, 11) is 0. The Labute approximate surface area is 133 Å². The van der Waals surface area contributed by atoms with Gasteiger partial charge in [0.1, 0.15) is 11.6 Å². The Bertz CT molecular complexity index is 974. The molecule has 3 aromatic rings. The zero-order valence-electron chi connectivity index (χ0n) is 12.8. The fourth-order valence-electron chi connectivity index (χ4n) is 3.17. The van der Waals surface area contributed by atoms with Crippen molar-refractivity contribution in [2.75, 3.05) is 0 Å². The van der Waals surface area contributed by atoms with E-state index in [2.05, 4.69) is 23.1 Å². The lowest BCUT2D eigenvalue weighted by molar-refractivity contribution is 0.647. The quantitative estimate of drug-likeness (QED) is 0.808. The number of fused-ring (bicyclic) bond motifs is 1. The van der Waals surface area contributed by atoms with Gasteiger partial charge in [0.2, 0.25) is 0 Å². The van der Waals surface area contributed by atoms with Crippen LogP contribution in [-0.2, 0) is 0 Å². The minimum absolute atomic E-state index is 0.102. The molecule has 1 atom stereocenters.